The van der Waals surface area contributed by atoms with Crippen LogP contribution < -0.4 is 10.3 Å². The van der Waals surface area contributed by atoms with Crippen LogP contribution in [0.1, 0.15) is 25.7 Å². The van der Waals surface area contributed by atoms with Crippen molar-refractivity contribution in [3.05, 3.63) is 53.3 Å². The van der Waals surface area contributed by atoms with E-state index in [0.29, 0.717) is 54.1 Å². The largest absolute Gasteiger partial charge is 0.487 e. The zero-order valence-electron chi connectivity index (χ0n) is 20.8. The lowest BCUT2D eigenvalue weighted by molar-refractivity contribution is -0.137. The van der Waals surface area contributed by atoms with E-state index in [1.54, 1.807) is 10.9 Å². The van der Waals surface area contributed by atoms with Gasteiger partial charge in [-0.25, -0.2) is 9.67 Å². The standard InChI is InChI=1S/C26H29N7O5/c34-11-12-38-21-14-28-30-22(21)17-3-5-19(6-4-17)33-23-20(13-29-33)25(36)32(16-27-23)15-26(37)7-9-31(10-8-26)24(35)18-1-2-18/h3-6,13-14,16,18,34,37H,1-2,7-12,15H2,(H,28,30). The van der Waals surface area contributed by atoms with Gasteiger partial charge in [-0.3, -0.25) is 19.3 Å². The summed E-state index contributed by atoms with van der Waals surface area (Å²) in [5.74, 6) is 0.893. The van der Waals surface area contributed by atoms with Gasteiger partial charge in [-0.1, -0.05) is 12.1 Å². The molecule has 3 aromatic heterocycles. The topological polar surface area (TPSA) is 151 Å². The summed E-state index contributed by atoms with van der Waals surface area (Å²) in [6, 6.07) is 7.42. The fourth-order valence-corrected chi connectivity index (χ4v) is 4.97. The number of nitrogens with zero attached hydrogens (tertiary/aromatic N) is 6. The minimum atomic E-state index is -1.07. The third kappa shape index (κ3) is 4.56. The molecule has 0 radical (unpaired) electrons. The van der Waals surface area contributed by atoms with E-state index in [1.165, 1.54) is 17.1 Å². The molecule has 1 aromatic carbocycles. The first-order chi connectivity index (χ1) is 18.5. The lowest BCUT2D eigenvalue weighted by Gasteiger charge is -2.38. The van der Waals surface area contributed by atoms with Crippen LogP contribution in [-0.2, 0) is 11.3 Å². The van der Waals surface area contributed by atoms with E-state index >= 15 is 0 Å². The third-order valence-electron chi connectivity index (χ3n) is 7.29. The van der Waals surface area contributed by atoms with E-state index < -0.39 is 5.60 Å². The second-order valence-electron chi connectivity index (χ2n) is 10.0. The summed E-state index contributed by atoms with van der Waals surface area (Å²) in [4.78, 5) is 31.9. The molecular formula is C26H29N7O5. The van der Waals surface area contributed by atoms with Crippen molar-refractivity contribution in [2.75, 3.05) is 26.3 Å². The number of aliphatic hydroxyl groups is 2. The molecule has 38 heavy (non-hydrogen) atoms. The van der Waals surface area contributed by atoms with Crippen LogP contribution in [0.15, 0.2) is 47.8 Å². The van der Waals surface area contributed by atoms with Crippen molar-refractivity contribution in [1.82, 2.24) is 34.4 Å². The number of aromatic nitrogens is 6. The van der Waals surface area contributed by atoms with Crippen LogP contribution in [0.3, 0.4) is 0 Å². The Balaban J connectivity index is 1.19. The normalized spacial score (nSPS) is 17.2. The maximum atomic E-state index is 13.2. The number of carbonyl (C=O) groups is 1. The van der Waals surface area contributed by atoms with Gasteiger partial charge in [-0.2, -0.15) is 10.2 Å². The lowest BCUT2D eigenvalue weighted by atomic mass is 9.91. The lowest BCUT2D eigenvalue weighted by Crippen LogP contribution is -2.50. The molecule has 1 amide bonds. The first kappa shape index (κ1) is 24.3. The molecule has 1 saturated carbocycles. The number of aliphatic hydroxyl groups excluding tert-OH is 1. The van der Waals surface area contributed by atoms with Gasteiger partial charge >= 0.3 is 0 Å². The van der Waals surface area contributed by atoms with Crippen LogP contribution >= 0.6 is 0 Å². The Morgan fingerprint density at radius 3 is 2.66 bits per heavy atom. The zero-order valence-corrected chi connectivity index (χ0v) is 20.8. The van der Waals surface area contributed by atoms with E-state index in [9.17, 15) is 14.7 Å². The van der Waals surface area contributed by atoms with Gasteiger partial charge in [0.05, 0.1) is 36.8 Å². The highest BCUT2D eigenvalue weighted by Gasteiger charge is 2.39. The molecule has 12 nitrogen and oxygen atoms in total. The van der Waals surface area contributed by atoms with Crippen molar-refractivity contribution in [3.63, 3.8) is 0 Å². The number of amides is 1. The van der Waals surface area contributed by atoms with Crippen molar-refractivity contribution in [3.8, 4) is 22.7 Å². The number of nitrogens with one attached hydrogen (secondary N) is 1. The Morgan fingerprint density at radius 1 is 1.18 bits per heavy atom. The number of piperidine rings is 1. The molecule has 0 unspecified atom stereocenters. The molecule has 0 atom stereocenters. The third-order valence-corrected chi connectivity index (χ3v) is 7.29. The maximum Gasteiger partial charge on any atom is 0.264 e. The molecule has 4 heterocycles. The van der Waals surface area contributed by atoms with Gasteiger partial charge < -0.3 is 19.8 Å². The van der Waals surface area contributed by atoms with E-state index in [1.807, 2.05) is 29.2 Å². The smallest absolute Gasteiger partial charge is 0.264 e. The van der Waals surface area contributed by atoms with Crippen LogP contribution in [-0.4, -0.2) is 82.5 Å². The predicted octanol–water partition coefficient (Wildman–Crippen LogP) is 1.11. The molecule has 1 aliphatic heterocycles. The monoisotopic (exact) mass is 519 g/mol. The first-order valence-corrected chi connectivity index (χ1v) is 12.8. The minimum Gasteiger partial charge on any atom is -0.487 e. The number of fused-ring (bicyclic) bond motifs is 1. The summed E-state index contributed by atoms with van der Waals surface area (Å²) in [5.41, 5.74) is 1.22. The van der Waals surface area contributed by atoms with Crippen molar-refractivity contribution < 1.29 is 19.7 Å². The molecule has 3 N–H and O–H groups in total. The fraction of sp³-hybridized carbons (Fsp3) is 0.423. The number of benzene rings is 1. The Morgan fingerprint density at radius 2 is 1.95 bits per heavy atom. The number of hydrogen-bond acceptors (Lipinski definition) is 8. The highest BCUT2D eigenvalue weighted by atomic mass is 16.5. The molecular weight excluding hydrogens is 490 g/mol. The van der Waals surface area contributed by atoms with Crippen molar-refractivity contribution in [2.24, 2.45) is 5.92 Å². The van der Waals surface area contributed by atoms with Gasteiger partial charge in [-0.05, 0) is 37.8 Å². The number of hydrogen-bond donors (Lipinski definition) is 3. The SMILES string of the molecule is O=C(C1CC1)N1CCC(O)(Cn2cnc3c(cnn3-c3ccc(-c4n[nH]cc4OCCO)cc3)c2=O)CC1. The highest BCUT2D eigenvalue weighted by Crippen LogP contribution is 2.33. The van der Waals surface area contributed by atoms with Crippen LogP contribution in [0, 0.1) is 5.92 Å². The molecule has 0 bridgehead atoms. The van der Waals surface area contributed by atoms with Gasteiger partial charge in [0.1, 0.15) is 24.0 Å². The Hall–Kier alpha value is -4.03. The number of carbonyl (C=O) groups excluding carboxylic acids is 1. The average molecular weight is 520 g/mol. The quantitative estimate of drug-likeness (QED) is 0.313. The minimum absolute atomic E-state index is 0.0933. The second kappa shape index (κ2) is 9.69. The Labute approximate surface area is 217 Å². The summed E-state index contributed by atoms with van der Waals surface area (Å²) in [7, 11) is 0. The fourth-order valence-electron chi connectivity index (χ4n) is 4.97. The average Bonchev–Trinajstić information content (AvgIpc) is 3.52. The van der Waals surface area contributed by atoms with Gasteiger partial charge in [0, 0.05) is 24.6 Å². The number of rotatable bonds is 8. The van der Waals surface area contributed by atoms with Gasteiger partial charge in [0.2, 0.25) is 5.91 Å². The molecule has 4 aromatic rings. The van der Waals surface area contributed by atoms with Gasteiger partial charge in [0.15, 0.2) is 11.4 Å². The number of H-pyrrole nitrogens is 1. The summed E-state index contributed by atoms with van der Waals surface area (Å²) >= 11 is 0. The molecule has 6 rings (SSSR count). The molecule has 2 aliphatic rings. The van der Waals surface area contributed by atoms with Gasteiger partial charge in [0.25, 0.3) is 5.56 Å². The highest BCUT2D eigenvalue weighted by molar-refractivity contribution is 5.81. The van der Waals surface area contributed by atoms with Crippen LogP contribution in [0.5, 0.6) is 5.75 Å². The summed E-state index contributed by atoms with van der Waals surface area (Å²) < 4.78 is 8.54. The van der Waals surface area contributed by atoms with Crippen molar-refractivity contribution in [2.45, 2.75) is 37.8 Å². The van der Waals surface area contributed by atoms with Crippen LogP contribution in [0.25, 0.3) is 28.0 Å². The molecule has 12 heteroatoms. The molecule has 2 fully saturated rings. The Bertz CT molecular complexity index is 1510. The summed E-state index contributed by atoms with van der Waals surface area (Å²) in [6.07, 6.45) is 7.33. The number of ether oxygens (including phenoxy) is 1. The van der Waals surface area contributed by atoms with E-state index in [-0.39, 0.29) is 37.1 Å². The van der Waals surface area contributed by atoms with Gasteiger partial charge in [-0.15, -0.1) is 0 Å². The molecule has 0 spiro atoms. The zero-order chi connectivity index (χ0) is 26.3. The van der Waals surface area contributed by atoms with E-state index in [0.717, 1.165) is 18.4 Å². The Kier molecular flexibility index (Phi) is 6.20. The van der Waals surface area contributed by atoms with E-state index in [2.05, 4.69) is 20.3 Å². The number of aromatic amines is 1. The predicted molar refractivity (Wildman–Crippen MR) is 137 cm³/mol. The van der Waals surface area contributed by atoms with Crippen LogP contribution in [0.4, 0.5) is 0 Å². The molecule has 1 aliphatic carbocycles. The van der Waals surface area contributed by atoms with Crippen molar-refractivity contribution >= 4 is 16.9 Å². The molecule has 1 saturated heterocycles. The van der Waals surface area contributed by atoms with Crippen molar-refractivity contribution in [1.29, 1.82) is 0 Å². The van der Waals surface area contributed by atoms with Crippen LogP contribution in [0.2, 0.25) is 0 Å². The first-order valence-electron chi connectivity index (χ1n) is 12.8. The number of likely N-dealkylation sites (tertiary alicyclic amines) is 1. The summed E-state index contributed by atoms with van der Waals surface area (Å²) in [6.45, 7) is 1.19. The van der Waals surface area contributed by atoms with E-state index in [4.69, 9.17) is 9.84 Å². The summed E-state index contributed by atoms with van der Waals surface area (Å²) in [5, 5.41) is 31.9. The second-order valence-corrected chi connectivity index (χ2v) is 10.0. The maximum absolute atomic E-state index is 13.2. The molecule has 198 valence electrons.